The van der Waals surface area contributed by atoms with Crippen molar-refractivity contribution in [2.75, 3.05) is 57.1 Å². The molecule has 0 aliphatic carbocycles. The Kier molecular flexibility index (Phi) is 7.66. The SMILES string of the molecule is COCCOc1cc(F)c(N2CCN(C(=O)C(c3ccccc3)n3ncc4c3nc(N)n3nc(-c5ccco5)nc43)CC2)cc1F. The third kappa shape index (κ3) is 5.23. The molecule has 7 rings (SSSR count). The Morgan fingerprint density at radius 2 is 1.80 bits per heavy atom. The van der Waals surface area contributed by atoms with Crippen LogP contribution in [0.25, 0.3) is 28.3 Å². The highest BCUT2D eigenvalue weighted by Crippen LogP contribution is 2.31. The number of aromatic nitrogens is 6. The largest absolute Gasteiger partial charge is 0.488 e. The molecule has 13 nitrogen and oxygen atoms in total. The summed E-state index contributed by atoms with van der Waals surface area (Å²) in [7, 11) is 1.49. The fourth-order valence-corrected chi connectivity index (χ4v) is 5.60. The minimum atomic E-state index is -0.884. The average molecular weight is 630 g/mol. The Morgan fingerprint density at radius 3 is 2.54 bits per heavy atom. The predicted octanol–water partition coefficient (Wildman–Crippen LogP) is 3.56. The van der Waals surface area contributed by atoms with E-state index in [1.807, 2.05) is 30.3 Å². The first kappa shape index (κ1) is 29.2. The minimum Gasteiger partial charge on any atom is -0.488 e. The van der Waals surface area contributed by atoms with Crippen molar-refractivity contribution in [3.63, 3.8) is 0 Å². The Hall–Kier alpha value is -5.57. The molecule has 0 saturated carbocycles. The summed E-state index contributed by atoms with van der Waals surface area (Å²) in [6.07, 6.45) is 3.11. The molecule has 0 radical (unpaired) electrons. The second-order valence-electron chi connectivity index (χ2n) is 10.6. The van der Waals surface area contributed by atoms with E-state index in [2.05, 4.69) is 20.2 Å². The van der Waals surface area contributed by atoms with Crippen molar-refractivity contribution in [1.29, 1.82) is 0 Å². The van der Waals surface area contributed by atoms with Gasteiger partial charge in [-0.25, -0.2) is 18.4 Å². The fourth-order valence-electron chi connectivity index (χ4n) is 5.60. The number of fused-ring (bicyclic) bond motifs is 3. The number of anilines is 2. The molecule has 1 fully saturated rings. The van der Waals surface area contributed by atoms with Crippen molar-refractivity contribution in [3.8, 4) is 17.3 Å². The Morgan fingerprint density at radius 1 is 1.00 bits per heavy atom. The number of methoxy groups -OCH3 is 1. The Balaban J connectivity index is 1.17. The Bertz CT molecular complexity index is 2010. The monoisotopic (exact) mass is 629 g/mol. The number of hydrogen-bond donors (Lipinski definition) is 1. The maximum atomic E-state index is 15.0. The number of rotatable bonds is 9. The molecule has 5 heterocycles. The van der Waals surface area contributed by atoms with Crippen molar-refractivity contribution in [2.45, 2.75) is 6.04 Å². The first-order chi connectivity index (χ1) is 22.4. The number of nitrogens with two attached hydrogens (primary N) is 1. The third-order valence-electron chi connectivity index (χ3n) is 7.87. The number of piperazine rings is 1. The summed E-state index contributed by atoms with van der Waals surface area (Å²) >= 11 is 0. The van der Waals surface area contributed by atoms with Gasteiger partial charge in [0.1, 0.15) is 12.4 Å². The van der Waals surface area contributed by atoms with Crippen LogP contribution in [0.2, 0.25) is 0 Å². The molecule has 0 bridgehead atoms. The van der Waals surface area contributed by atoms with Gasteiger partial charge in [-0.15, -0.1) is 5.10 Å². The van der Waals surface area contributed by atoms with E-state index >= 15 is 4.39 Å². The molecular formula is C31H29F2N9O4. The average Bonchev–Trinajstić information content (AvgIpc) is 3.84. The van der Waals surface area contributed by atoms with Crippen molar-refractivity contribution >= 4 is 34.2 Å². The zero-order chi connectivity index (χ0) is 31.8. The zero-order valence-electron chi connectivity index (χ0n) is 24.7. The van der Waals surface area contributed by atoms with Crippen molar-refractivity contribution in [2.24, 2.45) is 0 Å². The van der Waals surface area contributed by atoms with Crippen LogP contribution in [0.5, 0.6) is 5.75 Å². The summed E-state index contributed by atoms with van der Waals surface area (Å²) in [6.45, 7) is 1.45. The van der Waals surface area contributed by atoms with Crippen LogP contribution < -0.4 is 15.4 Å². The minimum absolute atomic E-state index is 0.0619. The lowest BCUT2D eigenvalue weighted by Gasteiger charge is -2.37. The van der Waals surface area contributed by atoms with Gasteiger partial charge in [-0.3, -0.25) is 4.79 Å². The van der Waals surface area contributed by atoms with Crippen LogP contribution in [0.15, 0.2) is 71.5 Å². The fraction of sp³-hybridized carbons (Fsp3) is 0.258. The number of nitrogens with zero attached hydrogens (tertiary/aromatic N) is 8. The van der Waals surface area contributed by atoms with Crippen LogP contribution in [-0.2, 0) is 9.53 Å². The van der Waals surface area contributed by atoms with Gasteiger partial charge in [0, 0.05) is 45.4 Å². The maximum Gasteiger partial charge on any atom is 0.252 e. The lowest BCUT2D eigenvalue weighted by atomic mass is 10.0. The normalized spacial score (nSPS) is 14.3. The molecule has 6 aromatic rings. The van der Waals surface area contributed by atoms with Crippen LogP contribution in [0, 0.1) is 11.6 Å². The summed E-state index contributed by atoms with van der Waals surface area (Å²) < 4.78 is 48.4. The summed E-state index contributed by atoms with van der Waals surface area (Å²) in [6, 6.07) is 14.0. The van der Waals surface area contributed by atoms with Crippen LogP contribution in [-0.4, -0.2) is 86.7 Å². The highest BCUT2D eigenvalue weighted by Gasteiger charge is 2.33. The van der Waals surface area contributed by atoms with E-state index in [0.717, 1.165) is 12.1 Å². The van der Waals surface area contributed by atoms with Gasteiger partial charge < -0.3 is 29.4 Å². The smallest absolute Gasteiger partial charge is 0.252 e. The maximum absolute atomic E-state index is 15.0. The summed E-state index contributed by atoms with van der Waals surface area (Å²) in [5.41, 5.74) is 7.88. The first-order valence-corrected chi connectivity index (χ1v) is 14.6. The van der Waals surface area contributed by atoms with E-state index in [0.29, 0.717) is 33.8 Å². The van der Waals surface area contributed by atoms with Gasteiger partial charge in [0.25, 0.3) is 5.91 Å². The Labute approximate surface area is 260 Å². The molecule has 1 aliphatic rings. The van der Waals surface area contributed by atoms with Gasteiger partial charge in [-0.1, -0.05) is 30.3 Å². The number of halogens is 2. The van der Waals surface area contributed by atoms with Gasteiger partial charge in [-0.2, -0.15) is 14.6 Å². The van der Waals surface area contributed by atoms with Gasteiger partial charge in [0.2, 0.25) is 11.8 Å². The van der Waals surface area contributed by atoms with E-state index in [1.165, 1.54) is 22.6 Å². The van der Waals surface area contributed by atoms with Gasteiger partial charge in [-0.05, 0) is 17.7 Å². The molecular weight excluding hydrogens is 600 g/mol. The standard InChI is InChI=1S/C31H29F2N9O4/c1-44-14-15-46-25-17-21(32)23(16-22(25)33)39-9-11-40(12-10-39)30(43)26(19-6-3-2-4-7-19)41-29-20(18-35-41)28-36-27(24-8-5-13-45-24)38-42(28)31(34)37-29/h2-8,13,16-18,26H,9-12,14-15H2,1H3,(H2,34,37). The molecule has 1 saturated heterocycles. The second-order valence-corrected chi connectivity index (χ2v) is 10.6. The summed E-state index contributed by atoms with van der Waals surface area (Å²) in [5.74, 6) is -0.845. The van der Waals surface area contributed by atoms with E-state index in [-0.39, 0.29) is 62.7 Å². The topological polar surface area (TPSA) is 142 Å². The number of carbonyl (C=O) groups is 1. The number of hydrogen-bond acceptors (Lipinski definition) is 10. The van der Waals surface area contributed by atoms with Crippen LogP contribution in [0.1, 0.15) is 11.6 Å². The highest BCUT2D eigenvalue weighted by atomic mass is 19.1. The van der Waals surface area contributed by atoms with Gasteiger partial charge in [0.05, 0.1) is 30.1 Å². The number of carbonyl (C=O) groups excluding carboxylic acids is 1. The molecule has 4 aromatic heterocycles. The quantitative estimate of drug-likeness (QED) is 0.236. The second kappa shape index (κ2) is 12.1. The highest BCUT2D eigenvalue weighted by molar-refractivity contribution is 5.92. The number of nitrogen functional groups attached to an aromatic ring is 1. The van der Waals surface area contributed by atoms with E-state index < -0.39 is 17.7 Å². The number of ether oxygens (including phenoxy) is 2. The van der Waals surface area contributed by atoms with Crippen LogP contribution in [0.4, 0.5) is 20.4 Å². The number of benzene rings is 2. The summed E-state index contributed by atoms with van der Waals surface area (Å²) in [5, 5.41) is 9.58. The van der Waals surface area contributed by atoms with E-state index in [9.17, 15) is 9.18 Å². The number of furan rings is 1. The number of amides is 1. The molecule has 2 aromatic carbocycles. The molecule has 0 spiro atoms. The van der Waals surface area contributed by atoms with Gasteiger partial charge >= 0.3 is 0 Å². The summed E-state index contributed by atoms with van der Waals surface area (Å²) in [4.78, 5) is 26.8. The molecule has 15 heteroatoms. The van der Waals surface area contributed by atoms with Gasteiger partial charge in [0.15, 0.2) is 34.7 Å². The lowest BCUT2D eigenvalue weighted by Crippen LogP contribution is -2.51. The molecule has 236 valence electrons. The van der Waals surface area contributed by atoms with Crippen LogP contribution in [0.3, 0.4) is 0 Å². The lowest BCUT2D eigenvalue weighted by molar-refractivity contribution is -0.134. The van der Waals surface area contributed by atoms with E-state index in [1.54, 1.807) is 28.1 Å². The third-order valence-corrected chi connectivity index (χ3v) is 7.87. The molecule has 46 heavy (non-hydrogen) atoms. The first-order valence-electron chi connectivity index (χ1n) is 14.6. The van der Waals surface area contributed by atoms with Crippen LogP contribution >= 0.6 is 0 Å². The molecule has 2 N–H and O–H groups in total. The van der Waals surface area contributed by atoms with Crippen molar-refractivity contribution in [1.82, 2.24) is 34.3 Å². The molecule has 1 atom stereocenters. The molecule has 1 aliphatic heterocycles. The molecule has 1 unspecified atom stereocenters. The zero-order valence-corrected chi connectivity index (χ0v) is 24.7. The predicted molar refractivity (Wildman–Crippen MR) is 163 cm³/mol. The van der Waals surface area contributed by atoms with E-state index in [4.69, 9.17) is 19.6 Å². The van der Waals surface area contributed by atoms with Crippen molar-refractivity contribution in [3.05, 3.63) is 84.3 Å². The van der Waals surface area contributed by atoms with Crippen molar-refractivity contribution < 1.29 is 27.5 Å². The molecule has 1 amide bonds.